The molecular weight excluding hydrogens is 262 g/mol. The smallest absolute Gasteiger partial charge is 0.273 e. The van der Waals surface area contributed by atoms with Gasteiger partial charge in [-0.2, -0.15) is 8.42 Å². The van der Waals surface area contributed by atoms with E-state index in [1.54, 1.807) is 54.6 Å². The molecular formula is C14H15NO3S. The molecule has 0 unspecified atom stereocenters. The number of hydrogen-bond acceptors (Lipinski definition) is 3. The first-order valence-corrected chi connectivity index (χ1v) is 7.32. The average molecular weight is 277 g/mol. The van der Waals surface area contributed by atoms with Crippen LogP contribution < -0.4 is 5.73 Å². The van der Waals surface area contributed by atoms with Crippen LogP contribution in [0.2, 0.25) is 0 Å². The van der Waals surface area contributed by atoms with E-state index in [0.717, 1.165) is 0 Å². The number of benzene rings is 2. The van der Waals surface area contributed by atoms with E-state index in [1.807, 2.05) is 6.07 Å². The Kier molecular flexibility index (Phi) is 3.99. The fourth-order valence-electron chi connectivity index (χ4n) is 2.06. The molecule has 0 aliphatic carbocycles. The minimum Gasteiger partial charge on any atom is -0.323 e. The van der Waals surface area contributed by atoms with Crippen LogP contribution in [0.1, 0.15) is 22.4 Å². The van der Waals surface area contributed by atoms with E-state index in [9.17, 15) is 13.0 Å². The van der Waals surface area contributed by atoms with Gasteiger partial charge in [-0.1, -0.05) is 60.7 Å². The molecule has 0 heterocycles. The van der Waals surface area contributed by atoms with Gasteiger partial charge in [-0.15, -0.1) is 0 Å². The lowest BCUT2D eigenvalue weighted by Gasteiger charge is -2.22. The number of hydrogen-bond donors (Lipinski definition) is 2. The van der Waals surface area contributed by atoms with Gasteiger partial charge >= 0.3 is 0 Å². The molecule has 0 aromatic heterocycles. The van der Waals surface area contributed by atoms with Gasteiger partial charge in [0, 0.05) is 0 Å². The first-order valence-electron chi connectivity index (χ1n) is 5.82. The lowest BCUT2D eigenvalue weighted by Crippen LogP contribution is -2.26. The molecule has 2 atom stereocenters. The first-order chi connectivity index (χ1) is 9.00. The Hall–Kier alpha value is -1.69. The standard InChI is InChI=1S/C14H15NO3S/c15-13(11-7-3-1-4-8-11)14(19(16,17)18)12-9-5-2-6-10-12/h1-10,13-14H,15H2,(H,16,17,18)/t13-,14+/m1/s1. The fraction of sp³-hybridized carbons (Fsp3) is 0.143. The van der Waals surface area contributed by atoms with E-state index in [-0.39, 0.29) is 0 Å². The molecule has 0 bridgehead atoms. The summed E-state index contributed by atoms with van der Waals surface area (Å²) in [4.78, 5) is 0. The van der Waals surface area contributed by atoms with Crippen LogP contribution in [0, 0.1) is 0 Å². The highest BCUT2D eigenvalue weighted by molar-refractivity contribution is 7.86. The Bertz CT molecular complexity index is 626. The van der Waals surface area contributed by atoms with Crippen LogP contribution in [0.3, 0.4) is 0 Å². The molecule has 0 saturated heterocycles. The van der Waals surface area contributed by atoms with Crippen LogP contribution in [-0.2, 0) is 10.1 Å². The Morgan fingerprint density at radius 2 is 1.26 bits per heavy atom. The van der Waals surface area contributed by atoms with Crippen LogP contribution in [-0.4, -0.2) is 13.0 Å². The maximum Gasteiger partial charge on any atom is 0.273 e. The molecule has 4 nitrogen and oxygen atoms in total. The van der Waals surface area contributed by atoms with Crippen LogP contribution in [0.25, 0.3) is 0 Å². The molecule has 0 aliphatic heterocycles. The normalized spacial score (nSPS) is 14.8. The minimum atomic E-state index is -4.29. The van der Waals surface area contributed by atoms with Crippen LogP contribution in [0.4, 0.5) is 0 Å². The van der Waals surface area contributed by atoms with Crippen LogP contribution in [0.15, 0.2) is 60.7 Å². The summed E-state index contributed by atoms with van der Waals surface area (Å²) in [5.41, 5.74) is 7.15. The zero-order valence-electron chi connectivity index (χ0n) is 10.2. The summed E-state index contributed by atoms with van der Waals surface area (Å²) in [6, 6.07) is 16.5. The molecule has 5 heteroatoms. The van der Waals surface area contributed by atoms with E-state index < -0.39 is 21.4 Å². The van der Waals surface area contributed by atoms with Crippen molar-refractivity contribution < 1.29 is 13.0 Å². The molecule has 0 amide bonds. The molecule has 2 rings (SSSR count). The first kappa shape index (κ1) is 13.7. The van der Waals surface area contributed by atoms with E-state index in [0.29, 0.717) is 11.1 Å². The third-order valence-corrected chi connectivity index (χ3v) is 4.17. The summed E-state index contributed by atoms with van der Waals surface area (Å²) in [5, 5.41) is -1.17. The van der Waals surface area contributed by atoms with Crippen molar-refractivity contribution in [1.82, 2.24) is 0 Å². The Balaban J connectivity index is 2.46. The average Bonchev–Trinajstić information content (AvgIpc) is 2.39. The van der Waals surface area contributed by atoms with Gasteiger partial charge in [-0.3, -0.25) is 4.55 Å². The van der Waals surface area contributed by atoms with Gasteiger partial charge in [0.05, 0.1) is 6.04 Å². The van der Waals surface area contributed by atoms with E-state index in [1.165, 1.54) is 0 Å². The van der Waals surface area contributed by atoms with Gasteiger partial charge < -0.3 is 5.73 Å². The molecule has 0 spiro atoms. The minimum absolute atomic E-state index is 0.473. The van der Waals surface area contributed by atoms with Gasteiger partial charge in [0.2, 0.25) is 0 Å². The topological polar surface area (TPSA) is 80.4 Å². The van der Waals surface area contributed by atoms with Gasteiger partial charge in [-0.25, -0.2) is 0 Å². The molecule has 2 aromatic carbocycles. The van der Waals surface area contributed by atoms with Crippen molar-refractivity contribution in [2.24, 2.45) is 5.73 Å². The zero-order valence-corrected chi connectivity index (χ0v) is 11.0. The van der Waals surface area contributed by atoms with E-state index in [2.05, 4.69) is 0 Å². The molecule has 0 radical (unpaired) electrons. The maximum absolute atomic E-state index is 11.6. The lowest BCUT2D eigenvalue weighted by atomic mass is 9.99. The van der Waals surface area contributed by atoms with Crippen LogP contribution in [0.5, 0.6) is 0 Å². The molecule has 0 fully saturated rings. The zero-order chi connectivity index (χ0) is 13.9. The molecule has 0 aliphatic rings. The Labute approximate surface area is 112 Å². The third kappa shape index (κ3) is 3.20. The predicted molar refractivity (Wildman–Crippen MR) is 74.1 cm³/mol. The monoisotopic (exact) mass is 277 g/mol. The summed E-state index contributed by atoms with van der Waals surface area (Å²) in [7, 11) is -4.29. The molecule has 0 saturated carbocycles. The number of rotatable bonds is 4. The van der Waals surface area contributed by atoms with Gasteiger partial charge in [-0.05, 0) is 11.1 Å². The molecule has 3 N–H and O–H groups in total. The largest absolute Gasteiger partial charge is 0.323 e. The van der Waals surface area contributed by atoms with E-state index >= 15 is 0 Å². The second-order valence-corrected chi connectivity index (χ2v) is 5.82. The van der Waals surface area contributed by atoms with Crippen molar-refractivity contribution in [2.75, 3.05) is 0 Å². The summed E-state index contributed by atoms with van der Waals surface area (Å²) in [5.74, 6) is 0. The number of nitrogens with two attached hydrogens (primary N) is 1. The van der Waals surface area contributed by atoms with Gasteiger partial charge in [0.1, 0.15) is 5.25 Å². The lowest BCUT2D eigenvalue weighted by molar-refractivity contribution is 0.456. The highest BCUT2D eigenvalue weighted by Gasteiger charge is 2.32. The second-order valence-electron chi connectivity index (χ2n) is 4.28. The van der Waals surface area contributed by atoms with Gasteiger partial charge in [0.25, 0.3) is 10.1 Å². The summed E-state index contributed by atoms with van der Waals surface area (Å²) in [6.07, 6.45) is 0. The summed E-state index contributed by atoms with van der Waals surface area (Å²) >= 11 is 0. The van der Waals surface area contributed by atoms with Crippen molar-refractivity contribution in [2.45, 2.75) is 11.3 Å². The second kappa shape index (κ2) is 5.52. The fourth-order valence-corrected chi connectivity index (χ4v) is 3.09. The SMILES string of the molecule is N[C@H](c1ccccc1)[C@H](c1ccccc1)S(=O)(=O)O. The third-order valence-electron chi connectivity index (χ3n) is 2.96. The van der Waals surface area contributed by atoms with Crippen molar-refractivity contribution in [3.63, 3.8) is 0 Å². The summed E-state index contributed by atoms with van der Waals surface area (Å²) < 4.78 is 32.7. The van der Waals surface area contributed by atoms with Crippen molar-refractivity contribution in [3.05, 3.63) is 71.8 Å². The molecule has 19 heavy (non-hydrogen) atoms. The van der Waals surface area contributed by atoms with E-state index in [4.69, 9.17) is 5.73 Å². The van der Waals surface area contributed by atoms with Crippen molar-refractivity contribution >= 4 is 10.1 Å². The highest BCUT2D eigenvalue weighted by Crippen LogP contribution is 2.32. The maximum atomic E-state index is 11.6. The molecule has 100 valence electrons. The van der Waals surface area contributed by atoms with Crippen molar-refractivity contribution in [1.29, 1.82) is 0 Å². The van der Waals surface area contributed by atoms with Crippen molar-refractivity contribution in [3.8, 4) is 0 Å². The Morgan fingerprint density at radius 3 is 1.68 bits per heavy atom. The predicted octanol–water partition coefficient (Wildman–Crippen LogP) is 2.32. The Morgan fingerprint density at radius 1 is 0.842 bits per heavy atom. The highest BCUT2D eigenvalue weighted by atomic mass is 32.2. The summed E-state index contributed by atoms with van der Waals surface area (Å²) in [6.45, 7) is 0. The molecule has 2 aromatic rings. The van der Waals surface area contributed by atoms with Gasteiger partial charge in [0.15, 0.2) is 0 Å². The quantitative estimate of drug-likeness (QED) is 0.840. The van der Waals surface area contributed by atoms with Crippen LogP contribution >= 0.6 is 0 Å².